The fourth-order valence-electron chi connectivity index (χ4n) is 2.18. The van der Waals surface area contributed by atoms with Crippen LogP contribution in [-0.2, 0) is 10.0 Å². The lowest BCUT2D eigenvalue weighted by molar-refractivity contribution is -0.387. The zero-order chi connectivity index (χ0) is 15.6. The van der Waals surface area contributed by atoms with Crippen LogP contribution in [0, 0.1) is 22.0 Å². The Hall–Kier alpha value is -1.67. The van der Waals surface area contributed by atoms with Gasteiger partial charge in [-0.05, 0) is 37.3 Å². The molecule has 2 atom stereocenters. The minimum Gasteiger partial charge on any atom is -0.385 e. The molecule has 0 aromatic heterocycles. The zero-order valence-electron chi connectivity index (χ0n) is 12.0. The Kier molecular flexibility index (Phi) is 4.48. The number of nitrogens with one attached hydrogen (secondary N) is 2. The number of nitrogens with zero attached hydrogens (tertiary/aromatic N) is 1. The van der Waals surface area contributed by atoms with Crippen LogP contribution >= 0.6 is 0 Å². The highest BCUT2D eigenvalue weighted by Gasteiger charge is 2.34. The van der Waals surface area contributed by atoms with Gasteiger partial charge in [0, 0.05) is 24.8 Å². The van der Waals surface area contributed by atoms with Crippen molar-refractivity contribution >= 4 is 21.4 Å². The van der Waals surface area contributed by atoms with Crippen LogP contribution in [0.3, 0.4) is 0 Å². The third kappa shape index (κ3) is 3.70. The molecule has 7 nitrogen and oxygen atoms in total. The maximum absolute atomic E-state index is 12.2. The maximum atomic E-state index is 12.2. The number of nitro benzene ring substituents is 1. The fraction of sp³-hybridized carbons (Fsp3) is 0.538. The van der Waals surface area contributed by atoms with Gasteiger partial charge in [0.1, 0.15) is 0 Å². The Morgan fingerprint density at radius 1 is 1.43 bits per heavy atom. The summed E-state index contributed by atoms with van der Waals surface area (Å²) in [5.41, 5.74) is 0.115. The number of hydrogen-bond acceptors (Lipinski definition) is 5. The lowest BCUT2D eigenvalue weighted by Crippen LogP contribution is -2.27. The van der Waals surface area contributed by atoms with Gasteiger partial charge < -0.3 is 5.32 Å². The van der Waals surface area contributed by atoms with E-state index in [-0.39, 0.29) is 4.90 Å². The quantitative estimate of drug-likeness (QED) is 0.592. The van der Waals surface area contributed by atoms with Crippen molar-refractivity contribution < 1.29 is 13.3 Å². The van der Waals surface area contributed by atoms with Gasteiger partial charge in [0.2, 0.25) is 10.0 Å². The average Bonchev–Trinajstić information content (AvgIpc) is 3.13. The molecular formula is C13H19N3O4S. The Morgan fingerprint density at radius 2 is 2.10 bits per heavy atom. The molecule has 2 rings (SSSR count). The van der Waals surface area contributed by atoms with E-state index in [0.717, 1.165) is 6.42 Å². The van der Waals surface area contributed by atoms with E-state index >= 15 is 0 Å². The highest BCUT2D eigenvalue weighted by molar-refractivity contribution is 7.89. The highest BCUT2D eigenvalue weighted by atomic mass is 32.2. The summed E-state index contributed by atoms with van der Waals surface area (Å²) >= 11 is 0. The monoisotopic (exact) mass is 313 g/mol. The molecule has 1 aromatic rings. The third-order valence-electron chi connectivity index (χ3n) is 3.64. The first kappa shape index (κ1) is 15.7. The van der Waals surface area contributed by atoms with Crippen molar-refractivity contribution in [3.05, 3.63) is 28.3 Å². The van der Waals surface area contributed by atoms with Crippen LogP contribution in [0.1, 0.15) is 20.3 Å². The number of rotatable bonds is 7. The Bertz CT molecular complexity index is 645. The van der Waals surface area contributed by atoms with Gasteiger partial charge in [0.05, 0.1) is 4.92 Å². The van der Waals surface area contributed by atoms with E-state index in [1.165, 1.54) is 18.2 Å². The molecule has 8 heteroatoms. The van der Waals surface area contributed by atoms with Crippen molar-refractivity contribution in [3.8, 4) is 0 Å². The Morgan fingerprint density at radius 3 is 2.62 bits per heavy atom. The lowest BCUT2D eigenvalue weighted by atomic mass is 10.3. The molecule has 1 fully saturated rings. The number of sulfonamides is 1. The largest absolute Gasteiger partial charge is 0.385 e. The summed E-state index contributed by atoms with van der Waals surface area (Å²) < 4.78 is 26.9. The van der Waals surface area contributed by atoms with Crippen LogP contribution in [0.2, 0.25) is 0 Å². The predicted molar refractivity (Wildman–Crippen MR) is 79.7 cm³/mol. The van der Waals surface area contributed by atoms with E-state index in [0.29, 0.717) is 30.6 Å². The van der Waals surface area contributed by atoms with Crippen molar-refractivity contribution in [3.63, 3.8) is 0 Å². The van der Waals surface area contributed by atoms with Crippen molar-refractivity contribution in [1.82, 2.24) is 4.72 Å². The molecule has 0 saturated heterocycles. The Balaban J connectivity index is 2.26. The van der Waals surface area contributed by atoms with Gasteiger partial charge in [-0.25, -0.2) is 13.1 Å². The molecule has 0 spiro atoms. The summed E-state index contributed by atoms with van der Waals surface area (Å²) in [5.74, 6) is 0.846. The summed E-state index contributed by atoms with van der Waals surface area (Å²) in [5, 5.41) is 14.0. The van der Waals surface area contributed by atoms with Crippen LogP contribution in [0.15, 0.2) is 23.1 Å². The number of anilines is 1. The van der Waals surface area contributed by atoms with Crippen molar-refractivity contribution in [2.75, 3.05) is 18.4 Å². The molecule has 0 amide bonds. The molecular weight excluding hydrogens is 294 g/mol. The molecule has 0 radical (unpaired) electrons. The molecule has 2 N–H and O–H groups in total. The van der Waals surface area contributed by atoms with Gasteiger partial charge in [-0.2, -0.15) is 0 Å². The molecule has 21 heavy (non-hydrogen) atoms. The molecule has 2 unspecified atom stereocenters. The minimum absolute atomic E-state index is 0.289. The van der Waals surface area contributed by atoms with Gasteiger partial charge >= 0.3 is 0 Å². The van der Waals surface area contributed by atoms with Gasteiger partial charge in [-0.1, -0.05) is 6.92 Å². The van der Waals surface area contributed by atoms with E-state index in [9.17, 15) is 18.5 Å². The van der Waals surface area contributed by atoms with Crippen LogP contribution in [0.5, 0.6) is 0 Å². The van der Waals surface area contributed by atoms with Gasteiger partial charge in [-0.15, -0.1) is 0 Å². The van der Waals surface area contributed by atoms with Gasteiger partial charge in [0.15, 0.2) is 4.90 Å². The number of nitro groups is 1. The molecule has 1 saturated carbocycles. The standard InChI is InChI=1S/C13H19N3O4S/c1-3-14-11-4-5-13(12(7-11)16(17)18)21(19,20)15-8-10-6-9(10)2/h4-5,7,9-10,14-15H,3,6,8H2,1-2H3. The first-order chi connectivity index (χ1) is 9.85. The van der Waals surface area contributed by atoms with Crippen LogP contribution in [0.25, 0.3) is 0 Å². The molecule has 1 aliphatic rings. The van der Waals surface area contributed by atoms with E-state index < -0.39 is 20.6 Å². The summed E-state index contributed by atoms with van der Waals surface area (Å²) in [6.07, 6.45) is 0.990. The molecule has 0 aliphatic heterocycles. The predicted octanol–water partition coefficient (Wildman–Crippen LogP) is 1.96. The van der Waals surface area contributed by atoms with E-state index in [2.05, 4.69) is 10.0 Å². The summed E-state index contributed by atoms with van der Waals surface area (Å²) in [4.78, 5) is 10.2. The third-order valence-corrected chi connectivity index (χ3v) is 5.11. The summed E-state index contributed by atoms with van der Waals surface area (Å²) in [6, 6.07) is 4.05. The van der Waals surface area contributed by atoms with Gasteiger partial charge in [-0.3, -0.25) is 10.1 Å². The first-order valence-electron chi connectivity index (χ1n) is 6.87. The lowest BCUT2D eigenvalue weighted by Gasteiger charge is -2.09. The van der Waals surface area contributed by atoms with E-state index in [1.807, 2.05) is 13.8 Å². The second-order valence-corrected chi connectivity index (χ2v) is 7.03. The summed E-state index contributed by atoms with van der Waals surface area (Å²) in [7, 11) is -3.87. The number of benzene rings is 1. The second kappa shape index (κ2) is 5.98. The zero-order valence-corrected chi connectivity index (χ0v) is 12.8. The maximum Gasteiger partial charge on any atom is 0.291 e. The van der Waals surface area contributed by atoms with Crippen LogP contribution in [0.4, 0.5) is 11.4 Å². The average molecular weight is 313 g/mol. The second-order valence-electron chi connectivity index (χ2n) is 5.29. The molecule has 1 aliphatic carbocycles. The van der Waals surface area contributed by atoms with Crippen LogP contribution in [-0.4, -0.2) is 26.4 Å². The molecule has 0 heterocycles. The normalized spacial score (nSPS) is 21.0. The van der Waals surface area contributed by atoms with Crippen molar-refractivity contribution in [1.29, 1.82) is 0 Å². The smallest absolute Gasteiger partial charge is 0.291 e. The SMILES string of the molecule is CCNc1ccc(S(=O)(=O)NCC2CC2C)c([N+](=O)[O-])c1. The van der Waals surface area contributed by atoms with Crippen molar-refractivity contribution in [2.24, 2.45) is 11.8 Å². The Labute approximate surface area is 123 Å². The van der Waals surface area contributed by atoms with Crippen molar-refractivity contribution in [2.45, 2.75) is 25.2 Å². The number of hydrogen-bond donors (Lipinski definition) is 2. The van der Waals surface area contributed by atoms with Gasteiger partial charge in [0.25, 0.3) is 5.69 Å². The molecule has 0 bridgehead atoms. The summed E-state index contributed by atoms with van der Waals surface area (Å²) in [6.45, 7) is 4.83. The molecule has 116 valence electrons. The highest BCUT2D eigenvalue weighted by Crippen LogP contribution is 2.37. The van der Waals surface area contributed by atoms with E-state index in [4.69, 9.17) is 0 Å². The molecule has 1 aromatic carbocycles. The first-order valence-corrected chi connectivity index (χ1v) is 8.35. The van der Waals surface area contributed by atoms with Crippen LogP contribution < -0.4 is 10.0 Å². The topological polar surface area (TPSA) is 101 Å². The van der Waals surface area contributed by atoms with E-state index in [1.54, 1.807) is 0 Å². The minimum atomic E-state index is -3.87. The fourth-order valence-corrected chi connectivity index (χ4v) is 3.42.